The number of hydrogen-bond acceptors (Lipinski definition) is 2. The number of benzene rings is 2. The van der Waals surface area contributed by atoms with E-state index in [4.69, 9.17) is 10.5 Å². The zero-order chi connectivity index (χ0) is 13.5. The molecule has 0 aliphatic heterocycles. The van der Waals surface area contributed by atoms with Crippen LogP contribution in [0.15, 0.2) is 54.6 Å². The van der Waals surface area contributed by atoms with Gasteiger partial charge in [-0.25, -0.2) is 0 Å². The molecule has 2 nitrogen and oxygen atoms in total. The Morgan fingerprint density at radius 2 is 1.63 bits per heavy atom. The summed E-state index contributed by atoms with van der Waals surface area (Å²) in [4.78, 5) is 0. The van der Waals surface area contributed by atoms with E-state index >= 15 is 0 Å². The van der Waals surface area contributed by atoms with Crippen LogP contribution in [-0.4, -0.2) is 12.6 Å². The van der Waals surface area contributed by atoms with E-state index in [-0.39, 0.29) is 6.04 Å². The van der Waals surface area contributed by atoms with Crippen LogP contribution >= 0.6 is 0 Å². The van der Waals surface area contributed by atoms with Crippen LogP contribution in [0.4, 0.5) is 0 Å². The smallest absolute Gasteiger partial charge is 0.0717 e. The Kier molecular flexibility index (Phi) is 5.13. The van der Waals surface area contributed by atoms with E-state index in [1.165, 1.54) is 16.7 Å². The van der Waals surface area contributed by atoms with Gasteiger partial charge in [0.25, 0.3) is 0 Å². The van der Waals surface area contributed by atoms with Crippen LogP contribution in [0.1, 0.15) is 16.7 Å². The number of ether oxygens (including phenoxy) is 1. The van der Waals surface area contributed by atoms with Gasteiger partial charge in [-0.15, -0.1) is 0 Å². The first-order valence-electron chi connectivity index (χ1n) is 6.67. The minimum Gasteiger partial charge on any atom is -0.375 e. The molecule has 0 unspecified atom stereocenters. The Morgan fingerprint density at radius 1 is 0.947 bits per heavy atom. The van der Waals surface area contributed by atoms with E-state index in [0.29, 0.717) is 13.2 Å². The summed E-state index contributed by atoms with van der Waals surface area (Å²) in [6.07, 6.45) is 0.856. The molecule has 100 valence electrons. The lowest BCUT2D eigenvalue weighted by Crippen LogP contribution is -2.28. The van der Waals surface area contributed by atoms with Crippen LogP contribution in [0.3, 0.4) is 0 Å². The van der Waals surface area contributed by atoms with Crippen molar-refractivity contribution in [2.45, 2.75) is 26.0 Å². The number of aryl methyl sites for hydroxylation is 1. The predicted molar refractivity (Wildman–Crippen MR) is 79.0 cm³/mol. The van der Waals surface area contributed by atoms with Gasteiger partial charge in [0.1, 0.15) is 0 Å². The zero-order valence-corrected chi connectivity index (χ0v) is 11.4. The highest BCUT2D eigenvalue weighted by atomic mass is 16.5. The summed E-state index contributed by atoms with van der Waals surface area (Å²) in [5.41, 5.74) is 9.79. The van der Waals surface area contributed by atoms with Crippen molar-refractivity contribution in [1.82, 2.24) is 0 Å². The number of hydrogen-bond donors (Lipinski definition) is 1. The molecule has 19 heavy (non-hydrogen) atoms. The summed E-state index contributed by atoms with van der Waals surface area (Å²) in [5, 5.41) is 0. The predicted octanol–water partition coefficient (Wildman–Crippen LogP) is 3.08. The summed E-state index contributed by atoms with van der Waals surface area (Å²) in [6.45, 7) is 3.30. The molecule has 0 aliphatic carbocycles. The van der Waals surface area contributed by atoms with Crippen molar-refractivity contribution in [3.05, 3.63) is 71.3 Å². The Balaban J connectivity index is 1.72. The molecule has 2 aromatic carbocycles. The molecule has 0 bridgehead atoms. The van der Waals surface area contributed by atoms with E-state index in [9.17, 15) is 0 Å². The maximum Gasteiger partial charge on any atom is 0.0717 e. The van der Waals surface area contributed by atoms with Crippen molar-refractivity contribution in [3.8, 4) is 0 Å². The molecular weight excluding hydrogens is 234 g/mol. The van der Waals surface area contributed by atoms with Gasteiger partial charge in [-0.1, -0.05) is 60.2 Å². The van der Waals surface area contributed by atoms with E-state index < -0.39 is 0 Å². The lowest BCUT2D eigenvalue weighted by atomic mass is 10.1. The summed E-state index contributed by atoms with van der Waals surface area (Å²) in [6, 6.07) is 18.7. The molecular formula is C17H21NO. The quantitative estimate of drug-likeness (QED) is 0.861. The zero-order valence-electron chi connectivity index (χ0n) is 11.4. The van der Waals surface area contributed by atoms with Crippen molar-refractivity contribution < 1.29 is 4.74 Å². The minimum atomic E-state index is 0.0489. The molecule has 0 fully saturated rings. The Hall–Kier alpha value is -1.64. The van der Waals surface area contributed by atoms with Crippen LogP contribution < -0.4 is 5.73 Å². The lowest BCUT2D eigenvalue weighted by molar-refractivity contribution is 0.108. The second-order valence-corrected chi connectivity index (χ2v) is 4.95. The molecule has 2 aromatic rings. The van der Waals surface area contributed by atoms with Crippen molar-refractivity contribution in [1.29, 1.82) is 0 Å². The first-order chi connectivity index (χ1) is 9.24. The highest BCUT2D eigenvalue weighted by Crippen LogP contribution is 2.06. The van der Waals surface area contributed by atoms with Crippen molar-refractivity contribution in [2.24, 2.45) is 5.73 Å². The first-order valence-corrected chi connectivity index (χ1v) is 6.67. The number of rotatable bonds is 6. The third-order valence-corrected chi connectivity index (χ3v) is 3.06. The van der Waals surface area contributed by atoms with Gasteiger partial charge in [0.05, 0.1) is 13.2 Å². The average Bonchev–Trinajstić information content (AvgIpc) is 2.42. The summed E-state index contributed by atoms with van der Waals surface area (Å²) >= 11 is 0. The highest BCUT2D eigenvalue weighted by molar-refractivity contribution is 5.20. The molecule has 2 N–H and O–H groups in total. The standard InChI is InChI=1S/C17H21NO/c1-14-7-9-16(10-8-14)12-19-13-17(18)11-15-5-3-2-4-6-15/h2-10,17H,11-13,18H2,1H3/t17-/m0/s1. The van der Waals surface area contributed by atoms with Crippen molar-refractivity contribution >= 4 is 0 Å². The molecule has 0 aliphatic rings. The van der Waals surface area contributed by atoms with Gasteiger partial charge < -0.3 is 10.5 Å². The SMILES string of the molecule is Cc1ccc(COC[C@@H](N)Cc2ccccc2)cc1. The minimum absolute atomic E-state index is 0.0489. The summed E-state index contributed by atoms with van der Waals surface area (Å²) in [5.74, 6) is 0. The van der Waals surface area contributed by atoms with E-state index in [1.807, 2.05) is 18.2 Å². The maximum atomic E-state index is 6.07. The molecule has 0 saturated heterocycles. The third kappa shape index (κ3) is 4.86. The van der Waals surface area contributed by atoms with E-state index in [1.54, 1.807) is 0 Å². The van der Waals surface area contributed by atoms with Gasteiger partial charge >= 0.3 is 0 Å². The number of nitrogens with two attached hydrogens (primary N) is 1. The van der Waals surface area contributed by atoms with Crippen LogP contribution in [0, 0.1) is 6.92 Å². The van der Waals surface area contributed by atoms with Crippen LogP contribution in [-0.2, 0) is 17.8 Å². The van der Waals surface area contributed by atoms with Gasteiger partial charge in [0.2, 0.25) is 0 Å². The Morgan fingerprint density at radius 3 is 2.32 bits per heavy atom. The van der Waals surface area contributed by atoms with Gasteiger partial charge in [-0.2, -0.15) is 0 Å². The maximum absolute atomic E-state index is 6.07. The second kappa shape index (κ2) is 7.07. The molecule has 0 saturated carbocycles. The van der Waals surface area contributed by atoms with Crippen LogP contribution in [0.25, 0.3) is 0 Å². The Bertz CT molecular complexity index is 478. The van der Waals surface area contributed by atoms with Crippen LogP contribution in [0.5, 0.6) is 0 Å². The van der Waals surface area contributed by atoms with Gasteiger partial charge in [0, 0.05) is 6.04 Å². The summed E-state index contributed by atoms with van der Waals surface area (Å²) in [7, 11) is 0. The second-order valence-electron chi connectivity index (χ2n) is 4.95. The molecule has 2 rings (SSSR count). The van der Waals surface area contributed by atoms with E-state index in [0.717, 1.165) is 6.42 Å². The molecule has 0 heterocycles. The normalized spacial score (nSPS) is 12.3. The molecule has 0 spiro atoms. The highest BCUT2D eigenvalue weighted by Gasteiger charge is 2.04. The fraction of sp³-hybridized carbons (Fsp3) is 0.294. The van der Waals surface area contributed by atoms with Crippen molar-refractivity contribution in [3.63, 3.8) is 0 Å². The first kappa shape index (κ1) is 13.8. The fourth-order valence-corrected chi connectivity index (χ4v) is 1.99. The largest absolute Gasteiger partial charge is 0.375 e. The lowest BCUT2D eigenvalue weighted by Gasteiger charge is -2.12. The van der Waals surface area contributed by atoms with Crippen LogP contribution in [0.2, 0.25) is 0 Å². The molecule has 1 atom stereocenters. The topological polar surface area (TPSA) is 35.2 Å². The van der Waals surface area contributed by atoms with Gasteiger partial charge in [-0.05, 0) is 24.5 Å². The fourth-order valence-electron chi connectivity index (χ4n) is 1.99. The van der Waals surface area contributed by atoms with E-state index in [2.05, 4.69) is 43.3 Å². The van der Waals surface area contributed by atoms with Crippen molar-refractivity contribution in [2.75, 3.05) is 6.61 Å². The Labute approximate surface area is 115 Å². The van der Waals surface area contributed by atoms with Gasteiger partial charge in [-0.3, -0.25) is 0 Å². The van der Waals surface area contributed by atoms with Gasteiger partial charge in [0.15, 0.2) is 0 Å². The third-order valence-electron chi connectivity index (χ3n) is 3.06. The molecule has 0 radical (unpaired) electrons. The monoisotopic (exact) mass is 255 g/mol. The molecule has 2 heteroatoms. The average molecular weight is 255 g/mol. The summed E-state index contributed by atoms with van der Waals surface area (Å²) < 4.78 is 5.67. The molecule has 0 aromatic heterocycles. The molecule has 0 amide bonds.